The molecule has 26 heavy (non-hydrogen) atoms. The molecule has 2 aromatic rings. The molecule has 1 fully saturated rings. The van der Waals surface area contributed by atoms with Gasteiger partial charge in [-0.25, -0.2) is 4.79 Å². The Kier molecular flexibility index (Phi) is 5.26. The van der Waals surface area contributed by atoms with Gasteiger partial charge in [0, 0.05) is 17.9 Å². The number of likely N-dealkylation sites (tertiary alicyclic amines) is 1. The predicted molar refractivity (Wildman–Crippen MR) is 104 cm³/mol. The molecule has 0 aromatic heterocycles. The lowest BCUT2D eigenvalue weighted by Gasteiger charge is -2.24. The van der Waals surface area contributed by atoms with Crippen LogP contribution >= 0.6 is 0 Å². The smallest absolute Gasteiger partial charge is 0.322 e. The monoisotopic (exact) mass is 351 g/mol. The van der Waals surface area contributed by atoms with E-state index in [4.69, 9.17) is 0 Å². The lowest BCUT2D eigenvalue weighted by Crippen LogP contribution is -2.45. The molecular weight excluding hydrogens is 326 g/mol. The van der Waals surface area contributed by atoms with E-state index in [2.05, 4.69) is 16.7 Å². The lowest BCUT2D eigenvalue weighted by molar-refractivity contribution is -0.119. The van der Waals surface area contributed by atoms with Gasteiger partial charge in [0.1, 0.15) is 6.04 Å². The fourth-order valence-corrected chi connectivity index (χ4v) is 3.39. The molecule has 0 aliphatic carbocycles. The average molecular weight is 351 g/mol. The van der Waals surface area contributed by atoms with Gasteiger partial charge in [-0.15, -0.1) is 0 Å². The number of nitrogens with zero attached hydrogens (tertiary/aromatic N) is 1. The maximum absolute atomic E-state index is 12.7. The summed E-state index contributed by atoms with van der Waals surface area (Å²) in [6.45, 7) is 6.58. The number of rotatable bonds is 3. The van der Waals surface area contributed by atoms with Gasteiger partial charge in [-0.3, -0.25) is 4.79 Å². The summed E-state index contributed by atoms with van der Waals surface area (Å²) >= 11 is 0. The van der Waals surface area contributed by atoms with Gasteiger partial charge in [0.25, 0.3) is 0 Å². The number of aryl methyl sites for hydroxylation is 3. The molecule has 1 atom stereocenters. The third kappa shape index (κ3) is 4.23. The molecule has 1 aliphatic heterocycles. The Morgan fingerprint density at radius 2 is 1.54 bits per heavy atom. The molecule has 0 bridgehead atoms. The number of amides is 3. The number of hydrogen-bond acceptors (Lipinski definition) is 2. The molecule has 2 aromatic carbocycles. The first-order valence-electron chi connectivity index (χ1n) is 8.96. The van der Waals surface area contributed by atoms with Crippen LogP contribution in [0, 0.1) is 20.8 Å². The highest BCUT2D eigenvalue weighted by molar-refractivity contribution is 5.99. The van der Waals surface area contributed by atoms with Crippen molar-refractivity contribution >= 4 is 23.3 Å². The van der Waals surface area contributed by atoms with Crippen molar-refractivity contribution in [2.45, 2.75) is 39.7 Å². The normalized spacial score (nSPS) is 16.4. The van der Waals surface area contributed by atoms with E-state index in [0.717, 1.165) is 34.5 Å². The van der Waals surface area contributed by atoms with Gasteiger partial charge in [-0.1, -0.05) is 23.8 Å². The number of carbonyl (C=O) groups is 2. The molecule has 1 aliphatic rings. The number of anilines is 2. The minimum Gasteiger partial charge on any atom is -0.324 e. The molecule has 0 spiro atoms. The zero-order valence-electron chi connectivity index (χ0n) is 15.5. The number of hydrogen-bond donors (Lipinski definition) is 2. The van der Waals surface area contributed by atoms with Gasteiger partial charge in [-0.2, -0.15) is 0 Å². The fourth-order valence-electron chi connectivity index (χ4n) is 3.39. The first-order valence-corrected chi connectivity index (χ1v) is 8.96. The van der Waals surface area contributed by atoms with Gasteiger partial charge < -0.3 is 15.5 Å². The SMILES string of the molecule is Cc1ccc(NC(=O)N2CCC[C@@H]2C(=O)Nc2cc(C)cc(C)c2)cc1. The second kappa shape index (κ2) is 7.60. The maximum Gasteiger partial charge on any atom is 0.322 e. The van der Waals surface area contributed by atoms with Crippen molar-refractivity contribution in [1.29, 1.82) is 0 Å². The molecule has 0 unspecified atom stereocenters. The van der Waals surface area contributed by atoms with Crippen LogP contribution in [0.2, 0.25) is 0 Å². The largest absolute Gasteiger partial charge is 0.324 e. The number of carbonyl (C=O) groups excluding carboxylic acids is 2. The van der Waals surface area contributed by atoms with Crippen LogP contribution in [0.4, 0.5) is 16.2 Å². The Balaban J connectivity index is 1.67. The molecule has 0 saturated carbocycles. The van der Waals surface area contributed by atoms with Crippen molar-refractivity contribution in [1.82, 2.24) is 4.90 Å². The standard InChI is InChI=1S/C21H25N3O2/c1-14-6-8-17(9-7-14)23-21(26)24-10-4-5-19(24)20(25)22-18-12-15(2)11-16(3)13-18/h6-9,11-13,19H,4-5,10H2,1-3H3,(H,22,25)(H,23,26)/t19-/m1/s1. The van der Waals surface area contributed by atoms with Crippen molar-refractivity contribution in [3.8, 4) is 0 Å². The third-order valence-electron chi connectivity index (χ3n) is 4.61. The average Bonchev–Trinajstić information content (AvgIpc) is 3.06. The quantitative estimate of drug-likeness (QED) is 0.868. The molecule has 1 saturated heterocycles. The summed E-state index contributed by atoms with van der Waals surface area (Å²) in [5.74, 6) is -0.133. The van der Waals surface area contributed by atoms with E-state index in [0.29, 0.717) is 13.0 Å². The maximum atomic E-state index is 12.7. The molecule has 5 nitrogen and oxygen atoms in total. The second-order valence-corrected chi connectivity index (χ2v) is 7.01. The molecule has 3 amide bonds. The zero-order chi connectivity index (χ0) is 18.7. The van der Waals surface area contributed by atoms with E-state index in [1.165, 1.54) is 0 Å². The van der Waals surface area contributed by atoms with Crippen molar-refractivity contribution in [3.63, 3.8) is 0 Å². The van der Waals surface area contributed by atoms with Crippen LogP contribution in [0.15, 0.2) is 42.5 Å². The first-order chi connectivity index (χ1) is 12.4. The summed E-state index contributed by atoms with van der Waals surface area (Å²) in [5.41, 5.74) is 4.84. The van der Waals surface area contributed by atoms with Crippen LogP contribution in [0.5, 0.6) is 0 Å². The summed E-state index contributed by atoms with van der Waals surface area (Å²) in [5, 5.41) is 5.85. The lowest BCUT2D eigenvalue weighted by atomic mass is 10.1. The van der Waals surface area contributed by atoms with Crippen molar-refractivity contribution in [2.75, 3.05) is 17.2 Å². The molecule has 136 valence electrons. The van der Waals surface area contributed by atoms with Gasteiger partial charge in [0.15, 0.2) is 0 Å². The Morgan fingerprint density at radius 1 is 0.885 bits per heavy atom. The minimum atomic E-state index is -0.443. The Labute approximate surface area is 154 Å². The summed E-state index contributed by atoms with van der Waals surface area (Å²) in [4.78, 5) is 26.9. The van der Waals surface area contributed by atoms with Gasteiger partial charge >= 0.3 is 6.03 Å². The van der Waals surface area contributed by atoms with E-state index in [9.17, 15) is 9.59 Å². The van der Waals surface area contributed by atoms with E-state index in [1.54, 1.807) is 4.90 Å². The molecule has 5 heteroatoms. The molecular formula is C21H25N3O2. The fraction of sp³-hybridized carbons (Fsp3) is 0.333. The number of urea groups is 1. The Hall–Kier alpha value is -2.82. The van der Waals surface area contributed by atoms with Crippen molar-refractivity contribution in [3.05, 3.63) is 59.2 Å². The second-order valence-electron chi connectivity index (χ2n) is 7.01. The van der Waals surface area contributed by atoms with E-state index in [1.807, 2.05) is 57.2 Å². The highest BCUT2D eigenvalue weighted by Crippen LogP contribution is 2.22. The molecule has 3 rings (SSSR count). The van der Waals surface area contributed by atoms with Gasteiger partial charge in [0.2, 0.25) is 5.91 Å². The topological polar surface area (TPSA) is 61.4 Å². The summed E-state index contributed by atoms with van der Waals surface area (Å²) in [7, 11) is 0. The molecule has 1 heterocycles. The summed E-state index contributed by atoms with van der Waals surface area (Å²) in [6.07, 6.45) is 1.50. The first kappa shape index (κ1) is 18.0. The highest BCUT2D eigenvalue weighted by Gasteiger charge is 2.34. The van der Waals surface area contributed by atoms with E-state index in [-0.39, 0.29) is 11.9 Å². The van der Waals surface area contributed by atoms with Crippen LogP contribution in [-0.2, 0) is 4.79 Å². The van der Waals surface area contributed by atoms with Crippen LogP contribution < -0.4 is 10.6 Å². The van der Waals surface area contributed by atoms with Crippen LogP contribution in [0.3, 0.4) is 0 Å². The minimum absolute atomic E-state index is 0.133. The van der Waals surface area contributed by atoms with E-state index < -0.39 is 6.04 Å². The zero-order valence-corrected chi connectivity index (χ0v) is 15.5. The molecule has 2 N–H and O–H groups in total. The van der Waals surface area contributed by atoms with Crippen LogP contribution in [0.25, 0.3) is 0 Å². The van der Waals surface area contributed by atoms with E-state index >= 15 is 0 Å². The number of nitrogens with one attached hydrogen (secondary N) is 2. The predicted octanol–water partition coefficient (Wildman–Crippen LogP) is 4.25. The van der Waals surface area contributed by atoms with Crippen molar-refractivity contribution < 1.29 is 9.59 Å². The van der Waals surface area contributed by atoms with Gasteiger partial charge in [-0.05, 0) is 69.0 Å². The van der Waals surface area contributed by atoms with Crippen molar-refractivity contribution in [2.24, 2.45) is 0 Å². The third-order valence-corrected chi connectivity index (χ3v) is 4.61. The summed E-state index contributed by atoms with van der Waals surface area (Å²) < 4.78 is 0. The molecule has 0 radical (unpaired) electrons. The highest BCUT2D eigenvalue weighted by atomic mass is 16.2. The van der Waals surface area contributed by atoms with Gasteiger partial charge in [0.05, 0.1) is 0 Å². The van der Waals surface area contributed by atoms with Crippen LogP contribution in [-0.4, -0.2) is 29.4 Å². The Bertz CT molecular complexity index is 794. The van der Waals surface area contributed by atoms with Crippen LogP contribution in [0.1, 0.15) is 29.5 Å². The Morgan fingerprint density at radius 3 is 2.19 bits per heavy atom. The summed E-state index contributed by atoms with van der Waals surface area (Å²) in [6, 6.07) is 12.9. The number of benzene rings is 2.